The molecule has 0 aliphatic carbocycles. The topological polar surface area (TPSA) is 59.2 Å². The van der Waals surface area contributed by atoms with Crippen molar-refractivity contribution in [3.8, 4) is 0 Å². The third-order valence-corrected chi connectivity index (χ3v) is 4.85. The second kappa shape index (κ2) is 8.28. The van der Waals surface area contributed by atoms with Crippen molar-refractivity contribution in [2.45, 2.75) is 57.8 Å². The van der Waals surface area contributed by atoms with Crippen molar-refractivity contribution in [2.24, 2.45) is 0 Å². The minimum Gasteiger partial charge on any atom is -0.425 e. The Labute approximate surface area is 149 Å². The van der Waals surface area contributed by atoms with E-state index in [1.807, 2.05) is 36.9 Å². The largest absolute Gasteiger partial charge is 0.425 e. The lowest BCUT2D eigenvalue weighted by Crippen LogP contribution is -2.37. The molecule has 1 fully saturated rings. The van der Waals surface area contributed by atoms with Crippen LogP contribution in [-0.2, 0) is 11.2 Å². The van der Waals surface area contributed by atoms with Crippen LogP contribution in [-0.4, -0.2) is 34.1 Å². The Balaban J connectivity index is 1.42. The fourth-order valence-electron chi connectivity index (χ4n) is 3.27. The van der Waals surface area contributed by atoms with Gasteiger partial charge < -0.3 is 9.32 Å². The standard InChI is InChI=1S/C20H27N3O2/c1-15(2)19-21-22-20(25-19)17-11-13-23(14-12-17)18(24)10-6-9-16-7-4-3-5-8-16/h3-5,7-8,15,17H,6,9-14H2,1-2H3. The molecule has 1 saturated heterocycles. The molecule has 1 amide bonds. The molecule has 0 unspecified atom stereocenters. The Morgan fingerprint density at radius 3 is 2.56 bits per heavy atom. The van der Waals surface area contributed by atoms with Crippen molar-refractivity contribution in [1.29, 1.82) is 0 Å². The number of nitrogens with zero attached hydrogens (tertiary/aromatic N) is 3. The minimum atomic E-state index is 0.257. The van der Waals surface area contributed by atoms with E-state index in [0.29, 0.717) is 12.3 Å². The van der Waals surface area contributed by atoms with Gasteiger partial charge in [-0.1, -0.05) is 44.2 Å². The van der Waals surface area contributed by atoms with Crippen LogP contribution in [0.15, 0.2) is 34.7 Å². The Bertz CT molecular complexity index is 673. The van der Waals surface area contributed by atoms with Crippen molar-refractivity contribution in [3.05, 3.63) is 47.7 Å². The molecule has 1 aliphatic heterocycles. The van der Waals surface area contributed by atoms with E-state index in [1.54, 1.807) is 0 Å². The maximum absolute atomic E-state index is 12.4. The lowest BCUT2D eigenvalue weighted by molar-refractivity contribution is -0.132. The number of likely N-dealkylation sites (tertiary alicyclic amines) is 1. The molecule has 25 heavy (non-hydrogen) atoms. The fourth-order valence-corrected chi connectivity index (χ4v) is 3.27. The second-order valence-electron chi connectivity index (χ2n) is 7.13. The first-order valence-electron chi connectivity index (χ1n) is 9.28. The summed E-state index contributed by atoms with van der Waals surface area (Å²) in [5, 5.41) is 8.31. The van der Waals surface area contributed by atoms with Gasteiger partial charge in [0.15, 0.2) is 0 Å². The van der Waals surface area contributed by atoms with Crippen LogP contribution in [0.2, 0.25) is 0 Å². The van der Waals surface area contributed by atoms with E-state index >= 15 is 0 Å². The number of aromatic nitrogens is 2. The van der Waals surface area contributed by atoms with E-state index < -0.39 is 0 Å². The van der Waals surface area contributed by atoms with Gasteiger partial charge in [0.1, 0.15) is 0 Å². The van der Waals surface area contributed by atoms with Crippen molar-refractivity contribution in [3.63, 3.8) is 0 Å². The molecule has 0 bridgehead atoms. The van der Waals surface area contributed by atoms with Crippen LogP contribution in [0.4, 0.5) is 0 Å². The summed E-state index contributed by atoms with van der Waals surface area (Å²) in [5.74, 6) is 2.25. The number of carbonyl (C=O) groups is 1. The molecule has 1 aromatic heterocycles. The summed E-state index contributed by atoms with van der Waals surface area (Å²) < 4.78 is 5.77. The number of amides is 1. The zero-order chi connectivity index (χ0) is 17.6. The van der Waals surface area contributed by atoms with Crippen LogP contribution in [0.1, 0.15) is 68.7 Å². The number of rotatable bonds is 6. The number of hydrogen-bond donors (Lipinski definition) is 0. The summed E-state index contributed by atoms with van der Waals surface area (Å²) in [6, 6.07) is 10.3. The summed E-state index contributed by atoms with van der Waals surface area (Å²) in [6.45, 7) is 5.67. The summed E-state index contributed by atoms with van der Waals surface area (Å²) >= 11 is 0. The van der Waals surface area contributed by atoms with Crippen LogP contribution in [0.25, 0.3) is 0 Å². The van der Waals surface area contributed by atoms with Gasteiger partial charge in [0.25, 0.3) is 0 Å². The zero-order valence-electron chi connectivity index (χ0n) is 15.1. The third kappa shape index (κ3) is 4.68. The highest BCUT2D eigenvalue weighted by atomic mass is 16.4. The van der Waals surface area contributed by atoms with Gasteiger partial charge in [0.05, 0.1) is 0 Å². The first-order chi connectivity index (χ1) is 12.1. The van der Waals surface area contributed by atoms with Crippen LogP contribution >= 0.6 is 0 Å². The SMILES string of the molecule is CC(C)c1nnc(C2CCN(C(=O)CCCc3ccccc3)CC2)o1. The summed E-state index contributed by atoms with van der Waals surface area (Å²) in [6.07, 6.45) is 4.30. The highest BCUT2D eigenvalue weighted by Crippen LogP contribution is 2.28. The van der Waals surface area contributed by atoms with E-state index in [-0.39, 0.29) is 17.7 Å². The monoisotopic (exact) mass is 341 g/mol. The lowest BCUT2D eigenvalue weighted by Gasteiger charge is -2.30. The Morgan fingerprint density at radius 2 is 1.92 bits per heavy atom. The Kier molecular flexibility index (Phi) is 5.84. The van der Waals surface area contributed by atoms with Gasteiger partial charge in [-0.25, -0.2) is 0 Å². The van der Waals surface area contributed by atoms with E-state index in [1.165, 1.54) is 5.56 Å². The second-order valence-corrected chi connectivity index (χ2v) is 7.13. The highest BCUT2D eigenvalue weighted by Gasteiger charge is 2.27. The van der Waals surface area contributed by atoms with Gasteiger partial charge in [-0.05, 0) is 31.2 Å². The van der Waals surface area contributed by atoms with Crippen molar-refractivity contribution >= 4 is 5.91 Å². The molecule has 1 aliphatic rings. The van der Waals surface area contributed by atoms with Gasteiger partial charge in [-0.2, -0.15) is 0 Å². The van der Waals surface area contributed by atoms with Gasteiger partial charge in [-0.3, -0.25) is 4.79 Å². The van der Waals surface area contributed by atoms with Crippen LogP contribution < -0.4 is 0 Å². The van der Waals surface area contributed by atoms with E-state index in [9.17, 15) is 4.79 Å². The van der Waals surface area contributed by atoms with Crippen molar-refractivity contribution in [1.82, 2.24) is 15.1 Å². The van der Waals surface area contributed by atoms with E-state index in [0.717, 1.165) is 44.7 Å². The molecule has 0 saturated carbocycles. The summed E-state index contributed by atoms with van der Waals surface area (Å²) in [5.41, 5.74) is 1.30. The molecule has 5 heteroatoms. The Hall–Kier alpha value is -2.17. The number of carbonyl (C=O) groups excluding carboxylic acids is 1. The molecule has 5 nitrogen and oxygen atoms in total. The van der Waals surface area contributed by atoms with Gasteiger partial charge in [0, 0.05) is 31.3 Å². The Morgan fingerprint density at radius 1 is 1.20 bits per heavy atom. The maximum atomic E-state index is 12.4. The van der Waals surface area contributed by atoms with E-state index in [4.69, 9.17) is 4.42 Å². The predicted octanol–water partition coefficient (Wildman–Crippen LogP) is 3.92. The normalized spacial score (nSPS) is 15.7. The molecule has 0 atom stereocenters. The van der Waals surface area contributed by atoms with Gasteiger partial charge in [-0.15, -0.1) is 10.2 Å². The quantitative estimate of drug-likeness (QED) is 0.799. The minimum absolute atomic E-state index is 0.257. The predicted molar refractivity (Wildman–Crippen MR) is 96.3 cm³/mol. The number of aryl methyl sites for hydroxylation is 1. The molecule has 2 aromatic rings. The molecule has 3 rings (SSSR count). The number of benzene rings is 1. The average molecular weight is 341 g/mol. The molecule has 134 valence electrons. The third-order valence-electron chi connectivity index (χ3n) is 4.85. The lowest BCUT2D eigenvalue weighted by atomic mass is 9.96. The first-order valence-corrected chi connectivity index (χ1v) is 9.28. The maximum Gasteiger partial charge on any atom is 0.222 e. The zero-order valence-corrected chi connectivity index (χ0v) is 15.1. The molecule has 0 radical (unpaired) electrons. The van der Waals surface area contributed by atoms with Crippen molar-refractivity contribution in [2.75, 3.05) is 13.1 Å². The fraction of sp³-hybridized carbons (Fsp3) is 0.550. The molecule has 2 heterocycles. The smallest absolute Gasteiger partial charge is 0.222 e. The van der Waals surface area contributed by atoms with Gasteiger partial charge >= 0.3 is 0 Å². The highest BCUT2D eigenvalue weighted by molar-refractivity contribution is 5.76. The summed E-state index contributed by atoms with van der Waals surface area (Å²) in [4.78, 5) is 14.4. The number of piperidine rings is 1. The van der Waals surface area contributed by atoms with Crippen LogP contribution in [0.5, 0.6) is 0 Å². The van der Waals surface area contributed by atoms with Crippen LogP contribution in [0.3, 0.4) is 0 Å². The first kappa shape index (κ1) is 17.6. The number of hydrogen-bond acceptors (Lipinski definition) is 4. The molecule has 0 spiro atoms. The van der Waals surface area contributed by atoms with Crippen molar-refractivity contribution < 1.29 is 9.21 Å². The molecular weight excluding hydrogens is 314 g/mol. The van der Waals surface area contributed by atoms with E-state index in [2.05, 4.69) is 22.3 Å². The average Bonchev–Trinajstić information content (AvgIpc) is 3.13. The van der Waals surface area contributed by atoms with Gasteiger partial charge in [0.2, 0.25) is 17.7 Å². The van der Waals surface area contributed by atoms with Crippen LogP contribution in [0, 0.1) is 0 Å². The summed E-state index contributed by atoms with van der Waals surface area (Å²) in [7, 11) is 0. The molecular formula is C20H27N3O2. The molecule has 1 aromatic carbocycles. The molecule has 0 N–H and O–H groups in total.